The lowest BCUT2D eigenvalue weighted by atomic mass is 10.2. The van der Waals surface area contributed by atoms with Gasteiger partial charge in [0.05, 0.1) is 12.7 Å². The Hall–Kier alpha value is -0.160. The van der Waals surface area contributed by atoms with E-state index in [2.05, 4.69) is 22.2 Å². The summed E-state index contributed by atoms with van der Waals surface area (Å²) in [5, 5.41) is 3.67. The summed E-state index contributed by atoms with van der Waals surface area (Å²) < 4.78 is 5.96. The van der Waals surface area contributed by atoms with E-state index in [0.29, 0.717) is 12.1 Å². The number of likely N-dealkylation sites (tertiary alicyclic amines) is 1. The fourth-order valence-electron chi connectivity index (χ4n) is 3.41. The Kier molecular flexibility index (Phi) is 3.66. The highest BCUT2D eigenvalue weighted by molar-refractivity contribution is 4.87. The van der Waals surface area contributed by atoms with Gasteiger partial charge in [-0.3, -0.25) is 4.90 Å². The van der Waals surface area contributed by atoms with Crippen LogP contribution < -0.4 is 5.32 Å². The van der Waals surface area contributed by atoms with Gasteiger partial charge in [0, 0.05) is 31.7 Å². The fourth-order valence-corrected chi connectivity index (χ4v) is 3.41. The minimum Gasteiger partial charge on any atom is -0.374 e. The van der Waals surface area contributed by atoms with E-state index in [1.807, 2.05) is 0 Å². The number of hydrogen-bond donors (Lipinski definition) is 1. The molecule has 3 fully saturated rings. The third kappa shape index (κ3) is 2.81. The molecule has 98 valence electrons. The number of nitrogens with zero attached hydrogens (tertiary/aromatic N) is 2. The Balaban J connectivity index is 1.40. The molecule has 0 spiro atoms. The van der Waals surface area contributed by atoms with E-state index in [9.17, 15) is 0 Å². The maximum absolute atomic E-state index is 5.96. The van der Waals surface area contributed by atoms with Gasteiger partial charge in [-0.05, 0) is 39.4 Å². The lowest BCUT2D eigenvalue weighted by Crippen LogP contribution is -2.50. The van der Waals surface area contributed by atoms with Gasteiger partial charge < -0.3 is 15.0 Å². The molecule has 3 rings (SSSR count). The molecule has 0 aromatic carbocycles. The summed E-state index contributed by atoms with van der Waals surface area (Å²) in [5.74, 6) is 0. The van der Waals surface area contributed by atoms with Crippen LogP contribution >= 0.6 is 0 Å². The molecule has 4 nitrogen and oxygen atoms in total. The van der Waals surface area contributed by atoms with E-state index in [0.717, 1.165) is 25.7 Å². The van der Waals surface area contributed by atoms with Crippen LogP contribution in [0, 0.1) is 0 Å². The molecule has 0 aromatic heterocycles. The molecule has 0 aliphatic carbocycles. The number of hydrogen-bond acceptors (Lipinski definition) is 4. The third-order valence-electron chi connectivity index (χ3n) is 4.49. The molecule has 3 heterocycles. The van der Waals surface area contributed by atoms with E-state index in [-0.39, 0.29) is 0 Å². The maximum Gasteiger partial charge on any atom is 0.0827 e. The Labute approximate surface area is 104 Å². The van der Waals surface area contributed by atoms with Crippen LogP contribution in [0.2, 0.25) is 0 Å². The molecule has 1 N–H and O–H groups in total. The summed E-state index contributed by atoms with van der Waals surface area (Å²) >= 11 is 0. The number of morpholine rings is 1. The monoisotopic (exact) mass is 239 g/mol. The number of ether oxygens (including phenoxy) is 1. The van der Waals surface area contributed by atoms with Crippen molar-refractivity contribution in [2.75, 3.05) is 46.4 Å². The van der Waals surface area contributed by atoms with Crippen molar-refractivity contribution in [2.24, 2.45) is 0 Å². The second kappa shape index (κ2) is 5.22. The van der Waals surface area contributed by atoms with E-state index in [1.54, 1.807) is 0 Å². The third-order valence-corrected chi connectivity index (χ3v) is 4.49. The molecule has 3 aliphatic heterocycles. The van der Waals surface area contributed by atoms with Gasteiger partial charge in [0.15, 0.2) is 0 Å². The highest BCUT2D eigenvalue weighted by Crippen LogP contribution is 2.22. The van der Waals surface area contributed by atoms with Gasteiger partial charge in [-0.15, -0.1) is 0 Å². The highest BCUT2D eigenvalue weighted by atomic mass is 16.5. The van der Waals surface area contributed by atoms with E-state index >= 15 is 0 Å². The van der Waals surface area contributed by atoms with Gasteiger partial charge in [-0.2, -0.15) is 0 Å². The first-order valence-electron chi connectivity index (χ1n) is 7.09. The van der Waals surface area contributed by atoms with Crippen LogP contribution in [0.5, 0.6) is 0 Å². The zero-order valence-corrected chi connectivity index (χ0v) is 10.9. The van der Waals surface area contributed by atoms with Crippen LogP contribution in [0.3, 0.4) is 0 Å². The van der Waals surface area contributed by atoms with Crippen LogP contribution in [0.15, 0.2) is 0 Å². The quantitative estimate of drug-likeness (QED) is 0.758. The van der Waals surface area contributed by atoms with Crippen LogP contribution in [0.25, 0.3) is 0 Å². The molecular formula is C13H25N3O. The summed E-state index contributed by atoms with van der Waals surface area (Å²) in [4.78, 5) is 5.02. The van der Waals surface area contributed by atoms with Crippen molar-refractivity contribution in [3.63, 3.8) is 0 Å². The molecule has 3 atom stereocenters. The maximum atomic E-state index is 5.96. The van der Waals surface area contributed by atoms with Gasteiger partial charge in [0.25, 0.3) is 0 Å². The number of likely N-dealkylation sites (N-methyl/N-ethyl adjacent to an activating group) is 1. The number of rotatable bonds is 3. The van der Waals surface area contributed by atoms with E-state index in [1.165, 1.54) is 38.9 Å². The zero-order chi connectivity index (χ0) is 11.7. The molecular weight excluding hydrogens is 214 g/mol. The predicted molar refractivity (Wildman–Crippen MR) is 68.2 cm³/mol. The highest BCUT2D eigenvalue weighted by Gasteiger charge is 2.32. The first kappa shape index (κ1) is 11.9. The van der Waals surface area contributed by atoms with Crippen molar-refractivity contribution >= 4 is 0 Å². The molecule has 3 aliphatic rings. The second-order valence-corrected chi connectivity index (χ2v) is 5.90. The molecule has 3 saturated heterocycles. The molecule has 0 amide bonds. The molecule has 0 radical (unpaired) electrons. The average molecular weight is 239 g/mol. The molecule has 3 unspecified atom stereocenters. The molecule has 0 aromatic rings. The average Bonchev–Trinajstić information content (AvgIpc) is 2.94. The van der Waals surface area contributed by atoms with Crippen LogP contribution in [0.4, 0.5) is 0 Å². The lowest BCUT2D eigenvalue weighted by Gasteiger charge is -2.35. The molecule has 0 saturated carbocycles. The van der Waals surface area contributed by atoms with Gasteiger partial charge in [-0.1, -0.05) is 0 Å². The Morgan fingerprint density at radius 2 is 2.18 bits per heavy atom. The van der Waals surface area contributed by atoms with Crippen LogP contribution in [-0.4, -0.2) is 74.4 Å². The van der Waals surface area contributed by atoms with Crippen molar-refractivity contribution in [2.45, 2.75) is 37.5 Å². The van der Waals surface area contributed by atoms with Crippen molar-refractivity contribution in [1.82, 2.24) is 15.1 Å². The van der Waals surface area contributed by atoms with E-state index < -0.39 is 0 Å². The van der Waals surface area contributed by atoms with Crippen molar-refractivity contribution < 1.29 is 4.74 Å². The lowest BCUT2D eigenvalue weighted by molar-refractivity contribution is -0.0477. The van der Waals surface area contributed by atoms with Gasteiger partial charge in [0.2, 0.25) is 0 Å². The Morgan fingerprint density at radius 3 is 3.00 bits per heavy atom. The van der Waals surface area contributed by atoms with Gasteiger partial charge >= 0.3 is 0 Å². The fraction of sp³-hybridized carbons (Fsp3) is 1.00. The van der Waals surface area contributed by atoms with Crippen molar-refractivity contribution in [3.05, 3.63) is 0 Å². The molecule has 4 heteroatoms. The first-order chi connectivity index (χ1) is 8.31. The summed E-state index contributed by atoms with van der Waals surface area (Å²) in [6, 6.07) is 1.41. The van der Waals surface area contributed by atoms with Crippen molar-refractivity contribution in [3.8, 4) is 0 Å². The SMILES string of the molecule is CN1CCC(NCC2CN3CCCC3CO2)C1. The first-order valence-corrected chi connectivity index (χ1v) is 7.09. The summed E-state index contributed by atoms with van der Waals surface area (Å²) in [7, 11) is 2.20. The van der Waals surface area contributed by atoms with E-state index in [4.69, 9.17) is 4.74 Å². The number of fused-ring (bicyclic) bond motifs is 1. The smallest absolute Gasteiger partial charge is 0.0827 e. The van der Waals surface area contributed by atoms with Gasteiger partial charge in [-0.25, -0.2) is 0 Å². The summed E-state index contributed by atoms with van der Waals surface area (Å²) in [6.07, 6.45) is 4.40. The largest absolute Gasteiger partial charge is 0.374 e. The Bertz CT molecular complexity index is 261. The topological polar surface area (TPSA) is 27.7 Å². The summed E-state index contributed by atoms with van der Waals surface area (Å²) in [6.45, 7) is 6.84. The Morgan fingerprint density at radius 1 is 1.24 bits per heavy atom. The molecule has 17 heavy (non-hydrogen) atoms. The summed E-state index contributed by atoms with van der Waals surface area (Å²) in [5.41, 5.74) is 0. The van der Waals surface area contributed by atoms with Crippen molar-refractivity contribution in [1.29, 1.82) is 0 Å². The second-order valence-electron chi connectivity index (χ2n) is 5.90. The van der Waals surface area contributed by atoms with Crippen LogP contribution in [0.1, 0.15) is 19.3 Å². The van der Waals surface area contributed by atoms with Gasteiger partial charge in [0.1, 0.15) is 0 Å². The minimum atomic E-state index is 0.412. The van der Waals surface area contributed by atoms with Crippen LogP contribution in [-0.2, 0) is 4.74 Å². The molecule has 0 bridgehead atoms. The normalized spacial score (nSPS) is 39.7. The standard InChI is InChI=1S/C13H25N3O/c1-15-6-4-11(8-15)14-7-13-9-16-5-2-3-12(16)10-17-13/h11-14H,2-10H2,1H3. The predicted octanol–water partition coefficient (Wildman–Crippen LogP) is 0.143. The zero-order valence-electron chi connectivity index (χ0n) is 10.9. The minimum absolute atomic E-state index is 0.412. The number of nitrogens with one attached hydrogen (secondary N) is 1.